The van der Waals surface area contributed by atoms with E-state index in [1.165, 1.54) is 57.8 Å². The van der Waals surface area contributed by atoms with Crippen LogP contribution in [-0.4, -0.2) is 18.5 Å². The van der Waals surface area contributed by atoms with Crippen molar-refractivity contribution in [2.24, 2.45) is 22.7 Å². The number of hydrogen-bond donors (Lipinski definition) is 3. The average molecular weight is 266 g/mol. The molecule has 2 saturated carbocycles. The predicted octanol–water partition coefficient (Wildman–Crippen LogP) is 2.55. The van der Waals surface area contributed by atoms with Gasteiger partial charge in [-0.25, -0.2) is 5.84 Å². The summed E-state index contributed by atoms with van der Waals surface area (Å²) >= 11 is 0. The molecule has 0 atom stereocenters. The van der Waals surface area contributed by atoms with Crippen LogP contribution in [0.15, 0.2) is 4.99 Å². The summed E-state index contributed by atoms with van der Waals surface area (Å²) < 4.78 is 0. The second kappa shape index (κ2) is 7.73. The molecule has 2 aliphatic rings. The first-order valence-corrected chi connectivity index (χ1v) is 8.05. The van der Waals surface area contributed by atoms with Gasteiger partial charge in [-0.05, 0) is 37.5 Å². The Morgan fingerprint density at radius 1 is 1.05 bits per heavy atom. The number of nitrogens with zero attached hydrogens (tertiary/aromatic N) is 1. The molecule has 0 radical (unpaired) electrons. The van der Waals surface area contributed by atoms with Crippen LogP contribution in [0.1, 0.15) is 64.7 Å². The lowest BCUT2D eigenvalue weighted by Gasteiger charge is -2.26. The lowest BCUT2D eigenvalue weighted by molar-refractivity contribution is 0.296. The third-order valence-corrected chi connectivity index (χ3v) is 4.73. The van der Waals surface area contributed by atoms with E-state index in [0.29, 0.717) is 6.04 Å². The van der Waals surface area contributed by atoms with Gasteiger partial charge in [-0.15, -0.1) is 0 Å². The molecule has 0 aliphatic heterocycles. The van der Waals surface area contributed by atoms with Gasteiger partial charge in [0, 0.05) is 12.6 Å². The van der Waals surface area contributed by atoms with Crippen molar-refractivity contribution in [3.05, 3.63) is 0 Å². The minimum atomic E-state index is 0.565. The van der Waals surface area contributed by atoms with Gasteiger partial charge in [-0.2, -0.15) is 0 Å². The molecule has 4 nitrogen and oxygen atoms in total. The van der Waals surface area contributed by atoms with E-state index in [0.717, 1.165) is 24.3 Å². The van der Waals surface area contributed by atoms with Gasteiger partial charge in [0.05, 0.1) is 0 Å². The minimum absolute atomic E-state index is 0.565. The fourth-order valence-electron chi connectivity index (χ4n) is 3.31. The van der Waals surface area contributed by atoms with Gasteiger partial charge >= 0.3 is 0 Å². The van der Waals surface area contributed by atoms with Gasteiger partial charge in [-0.3, -0.25) is 10.4 Å². The number of guanidine groups is 1. The normalized spacial score (nSPS) is 30.1. The Hall–Kier alpha value is -0.770. The molecule has 19 heavy (non-hydrogen) atoms. The fraction of sp³-hybridized carbons (Fsp3) is 0.933. The minimum Gasteiger partial charge on any atom is -0.353 e. The van der Waals surface area contributed by atoms with E-state index < -0.39 is 0 Å². The number of aliphatic imine (C=N–C) groups is 1. The number of nitrogens with two attached hydrogens (primary N) is 1. The van der Waals surface area contributed by atoms with Crippen LogP contribution >= 0.6 is 0 Å². The highest BCUT2D eigenvalue weighted by molar-refractivity contribution is 5.79. The van der Waals surface area contributed by atoms with Crippen molar-refractivity contribution < 1.29 is 0 Å². The highest BCUT2D eigenvalue weighted by Gasteiger charge is 2.18. The van der Waals surface area contributed by atoms with Crippen LogP contribution in [0.25, 0.3) is 0 Å². The summed E-state index contributed by atoms with van der Waals surface area (Å²) in [7, 11) is 0. The Morgan fingerprint density at radius 3 is 2.37 bits per heavy atom. The topological polar surface area (TPSA) is 62.4 Å². The summed E-state index contributed by atoms with van der Waals surface area (Å²) in [5, 5.41) is 3.47. The molecule has 0 spiro atoms. The first-order valence-electron chi connectivity index (χ1n) is 8.05. The van der Waals surface area contributed by atoms with Crippen LogP contribution in [0.5, 0.6) is 0 Å². The monoisotopic (exact) mass is 266 g/mol. The Labute approximate surface area is 117 Å². The number of hydrogen-bond acceptors (Lipinski definition) is 2. The van der Waals surface area contributed by atoms with E-state index in [9.17, 15) is 0 Å². The summed E-state index contributed by atoms with van der Waals surface area (Å²) in [6, 6.07) is 0.565. The number of rotatable bonds is 3. The molecule has 0 heterocycles. The van der Waals surface area contributed by atoms with Crippen molar-refractivity contribution >= 4 is 5.96 Å². The molecule has 0 aromatic rings. The molecule has 2 rings (SSSR count). The molecule has 0 bridgehead atoms. The third-order valence-electron chi connectivity index (χ3n) is 4.73. The van der Waals surface area contributed by atoms with Gasteiger partial charge < -0.3 is 5.32 Å². The Balaban J connectivity index is 1.74. The molecular weight excluding hydrogens is 236 g/mol. The average Bonchev–Trinajstić information content (AvgIpc) is 2.46. The fourth-order valence-corrected chi connectivity index (χ4v) is 3.31. The predicted molar refractivity (Wildman–Crippen MR) is 80.8 cm³/mol. The molecule has 2 fully saturated rings. The van der Waals surface area contributed by atoms with E-state index in [2.05, 4.69) is 22.7 Å². The van der Waals surface area contributed by atoms with Crippen molar-refractivity contribution in [2.45, 2.75) is 70.8 Å². The van der Waals surface area contributed by atoms with Gasteiger partial charge in [0.25, 0.3) is 0 Å². The van der Waals surface area contributed by atoms with Crippen LogP contribution < -0.4 is 16.6 Å². The second-order valence-electron chi connectivity index (χ2n) is 6.44. The van der Waals surface area contributed by atoms with Gasteiger partial charge in [0.1, 0.15) is 0 Å². The smallest absolute Gasteiger partial charge is 0.205 e. The van der Waals surface area contributed by atoms with Gasteiger partial charge in [0.15, 0.2) is 0 Å². The Kier molecular flexibility index (Phi) is 5.95. The Morgan fingerprint density at radius 2 is 1.74 bits per heavy atom. The highest BCUT2D eigenvalue weighted by Crippen LogP contribution is 2.28. The summed E-state index contributed by atoms with van der Waals surface area (Å²) in [5.74, 6) is 8.05. The zero-order valence-corrected chi connectivity index (χ0v) is 12.3. The quantitative estimate of drug-likeness (QED) is 0.318. The maximum absolute atomic E-state index is 5.58. The van der Waals surface area contributed by atoms with Crippen molar-refractivity contribution in [1.29, 1.82) is 0 Å². The lowest BCUT2D eigenvalue weighted by Crippen LogP contribution is -2.47. The molecular formula is C15H30N4. The zero-order valence-electron chi connectivity index (χ0n) is 12.3. The molecule has 4 N–H and O–H groups in total. The van der Waals surface area contributed by atoms with Crippen LogP contribution in [0.3, 0.4) is 0 Å². The van der Waals surface area contributed by atoms with E-state index in [1.54, 1.807) is 0 Å². The summed E-state index contributed by atoms with van der Waals surface area (Å²) in [6.45, 7) is 3.28. The first-order chi connectivity index (χ1) is 9.28. The van der Waals surface area contributed by atoms with Crippen LogP contribution in [0, 0.1) is 11.8 Å². The van der Waals surface area contributed by atoms with E-state index in [4.69, 9.17) is 5.84 Å². The summed E-state index contributed by atoms with van der Waals surface area (Å²) in [6.07, 6.45) is 11.9. The van der Waals surface area contributed by atoms with Crippen molar-refractivity contribution in [3.8, 4) is 0 Å². The number of hydrazine groups is 1. The number of nitrogens with one attached hydrogen (secondary N) is 2. The Bertz CT molecular complexity index is 276. The van der Waals surface area contributed by atoms with Gasteiger partial charge in [0.2, 0.25) is 5.96 Å². The molecule has 0 amide bonds. The summed E-state index contributed by atoms with van der Waals surface area (Å²) in [5.41, 5.74) is 2.74. The SMILES string of the molecule is CC1CCC(CN=C(NN)NC2CCCCC2)CC1. The maximum atomic E-state index is 5.58. The van der Waals surface area contributed by atoms with Crippen molar-refractivity contribution in [1.82, 2.24) is 10.7 Å². The molecule has 0 aromatic heterocycles. The third kappa shape index (κ3) is 5.01. The molecule has 2 aliphatic carbocycles. The standard InChI is InChI=1S/C15H30N4/c1-12-7-9-13(10-8-12)11-17-15(19-16)18-14-5-3-2-4-6-14/h12-14H,2-11,16H2,1H3,(H2,17,18,19). The van der Waals surface area contributed by atoms with E-state index in [-0.39, 0.29) is 0 Å². The molecule has 4 heteroatoms. The largest absolute Gasteiger partial charge is 0.353 e. The zero-order chi connectivity index (χ0) is 13.5. The van der Waals surface area contributed by atoms with Gasteiger partial charge in [-0.1, -0.05) is 39.0 Å². The van der Waals surface area contributed by atoms with E-state index in [1.807, 2.05) is 0 Å². The van der Waals surface area contributed by atoms with Crippen molar-refractivity contribution in [2.75, 3.05) is 6.54 Å². The second-order valence-corrected chi connectivity index (χ2v) is 6.44. The molecule has 0 unspecified atom stereocenters. The van der Waals surface area contributed by atoms with Crippen molar-refractivity contribution in [3.63, 3.8) is 0 Å². The van der Waals surface area contributed by atoms with E-state index >= 15 is 0 Å². The maximum Gasteiger partial charge on any atom is 0.205 e. The molecule has 0 aromatic carbocycles. The van der Waals surface area contributed by atoms with Crippen LogP contribution in [-0.2, 0) is 0 Å². The highest BCUT2D eigenvalue weighted by atomic mass is 15.3. The molecule has 110 valence electrons. The lowest BCUT2D eigenvalue weighted by atomic mass is 9.83. The first kappa shape index (κ1) is 14.6. The van der Waals surface area contributed by atoms with Crippen LogP contribution in [0.4, 0.5) is 0 Å². The van der Waals surface area contributed by atoms with Crippen LogP contribution in [0.2, 0.25) is 0 Å². The summed E-state index contributed by atoms with van der Waals surface area (Å²) in [4.78, 5) is 4.65. The molecule has 0 saturated heterocycles.